The maximum absolute atomic E-state index is 6.86. The summed E-state index contributed by atoms with van der Waals surface area (Å²) in [5.41, 5.74) is 2.88. The van der Waals surface area contributed by atoms with E-state index in [0.29, 0.717) is 0 Å². The molecule has 0 N–H and O–H groups in total. The number of rotatable bonds is 0. The van der Waals surface area contributed by atoms with Crippen LogP contribution < -0.4 is 0 Å². The van der Waals surface area contributed by atoms with Crippen LogP contribution >= 0.6 is 15.9 Å². The summed E-state index contributed by atoms with van der Waals surface area (Å²) in [5, 5.41) is 0. The smallest absolute Gasteiger partial charge is 0.190 e. The lowest BCUT2D eigenvalue weighted by Crippen LogP contribution is -1.78. The van der Waals surface area contributed by atoms with Gasteiger partial charge in [-0.05, 0) is 25.0 Å². The van der Waals surface area contributed by atoms with Crippen molar-refractivity contribution >= 4 is 21.6 Å². The van der Waals surface area contributed by atoms with Gasteiger partial charge in [0.15, 0.2) is 5.69 Å². The Labute approximate surface area is 75.0 Å². The Morgan fingerprint density at radius 3 is 2.45 bits per heavy atom. The summed E-state index contributed by atoms with van der Waals surface area (Å²) in [5.74, 6) is 0. The van der Waals surface area contributed by atoms with Gasteiger partial charge in [-0.25, -0.2) is 4.85 Å². The first-order chi connectivity index (χ1) is 5.15. The van der Waals surface area contributed by atoms with E-state index in [1.807, 2.05) is 26.0 Å². The number of hydrogen-bond donors (Lipinski definition) is 0. The first-order valence-electron chi connectivity index (χ1n) is 3.29. The summed E-state index contributed by atoms with van der Waals surface area (Å²) in [4.78, 5) is 3.40. The van der Waals surface area contributed by atoms with Crippen molar-refractivity contribution in [2.45, 2.75) is 13.8 Å². The molecule has 0 aliphatic rings. The van der Waals surface area contributed by atoms with Crippen LogP contribution in [0.5, 0.6) is 0 Å². The van der Waals surface area contributed by atoms with Crippen LogP contribution in [0, 0.1) is 20.4 Å². The normalized spacial score (nSPS) is 9.27. The fourth-order valence-corrected chi connectivity index (χ4v) is 1.34. The van der Waals surface area contributed by atoms with Crippen LogP contribution in [0.25, 0.3) is 4.85 Å². The third-order valence-corrected chi connectivity index (χ3v) is 2.45. The van der Waals surface area contributed by atoms with Crippen LogP contribution in [0.1, 0.15) is 11.1 Å². The van der Waals surface area contributed by atoms with Gasteiger partial charge in [0.05, 0.1) is 6.57 Å². The number of nitrogens with zero attached hydrogens (tertiary/aromatic N) is 1. The third-order valence-electron chi connectivity index (χ3n) is 1.60. The molecule has 0 amide bonds. The molecular formula is C9H8BrN. The molecule has 0 atom stereocenters. The Kier molecular flexibility index (Phi) is 2.31. The van der Waals surface area contributed by atoms with Crippen molar-refractivity contribution in [1.29, 1.82) is 0 Å². The Morgan fingerprint density at radius 1 is 1.27 bits per heavy atom. The fraction of sp³-hybridized carbons (Fsp3) is 0.222. The lowest BCUT2D eigenvalue weighted by molar-refractivity contribution is 1.38. The Balaban J connectivity index is 3.35. The van der Waals surface area contributed by atoms with Crippen LogP contribution in [0.2, 0.25) is 0 Å². The Bertz CT molecular complexity index is 323. The highest BCUT2D eigenvalue weighted by Gasteiger charge is 2.00. The van der Waals surface area contributed by atoms with Crippen LogP contribution in [-0.4, -0.2) is 0 Å². The highest BCUT2D eigenvalue weighted by molar-refractivity contribution is 9.10. The number of aryl methyl sites for hydroxylation is 2. The molecular weight excluding hydrogens is 202 g/mol. The Morgan fingerprint density at radius 2 is 1.91 bits per heavy atom. The van der Waals surface area contributed by atoms with Crippen molar-refractivity contribution in [2.24, 2.45) is 0 Å². The van der Waals surface area contributed by atoms with Gasteiger partial charge in [0.25, 0.3) is 0 Å². The van der Waals surface area contributed by atoms with E-state index in [1.165, 1.54) is 0 Å². The maximum atomic E-state index is 6.86. The van der Waals surface area contributed by atoms with E-state index in [0.717, 1.165) is 21.3 Å². The van der Waals surface area contributed by atoms with Crippen molar-refractivity contribution < 1.29 is 0 Å². The topological polar surface area (TPSA) is 4.36 Å². The van der Waals surface area contributed by atoms with E-state index >= 15 is 0 Å². The molecule has 56 valence electrons. The predicted molar refractivity (Wildman–Crippen MR) is 49.9 cm³/mol. The molecule has 0 saturated carbocycles. The first kappa shape index (κ1) is 8.29. The average molecular weight is 210 g/mol. The van der Waals surface area contributed by atoms with Gasteiger partial charge in [0.2, 0.25) is 0 Å². The summed E-state index contributed by atoms with van der Waals surface area (Å²) in [6, 6.07) is 3.87. The monoisotopic (exact) mass is 209 g/mol. The molecule has 0 heterocycles. The predicted octanol–water partition coefficient (Wildman–Crippen LogP) is 3.62. The number of halogens is 1. The van der Waals surface area contributed by atoms with E-state index in [4.69, 9.17) is 6.57 Å². The molecule has 1 nitrogen and oxygen atoms in total. The fourth-order valence-electron chi connectivity index (χ4n) is 0.886. The molecule has 0 fully saturated rings. The van der Waals surface area contributed by atoms with Crippen LogP contribution in [-0.2, 0) is 0 Å². The first-order valence-corrected chi connectivity index (χ1v) is 4.08. The molecule has 2 heteroatoms. The summed E-state index contributed by atoms with van der Waals surface area (Å²) in [6.45, 7) is 10.8. The molecule has 0 radical (unpaired) electrons. The zero-order valence-electron chi connectivity index (χ0n) is 6.48. The quantitative estimate of drug-likeness (QED) is 0.576. The second-order valence-electron chi connectivity index (χ2n) is 2.50. The largest absolute Gasteiger partial charge is 0.238 e. The van der Waals surface area contributed by atoms with E-state index in [1.54, 1.807) is 0 Å². The molecule has 1 aromatic carbocycles. The van der Waals surface area contributed by atoms with Crippen molar-refractivity contribution in [2.75, 3.05) is 0 Å². The standard InChI is InChI=1S/C9H8BrN/c1-6-5-9(11-3)7(2)4-8(6)10/h4-5H,1-2H3. The summed E-state index contributed by atoms with van der Waals surface area (Å²) in [6.07, 6.45) is 0. The van der Waals surface area contributed by atoms with E-state index in [2.05, 4.69) is 20.8 Å². The van der Waals surface area contributed by atoms with Gasteiger partial charge < -0.3 is 0 Å². The van der Waals surface area contributed by atoms with Gasteiger partial charge in [-0.1, -0.05) is 28.1 Å². The molecule has 0 aromatic heterocycles. The summed E-state index contributed by atoms with van der Waals surface area (Å²) < 4.78 is 1.07. The number of benzene rings is 1. The van der Waals surface area contributed by atoms with Gasteiger partial charge >= 0.3 is 0 Å². The van der Waals surface area contributed by atoms with Crippen molar-refractivity contribution in [3.05, 3.63) is 39.1 Å². The van der Waals surface area contributed by atoms with Gasteiger partial charge in [0, 0.05) is 4.47 Å². The molecule has 0 aliphatic heterocycles. The van der Waals surface area contributed by atoms with Gasteiger partial charge in [0.1, 0.15) is 0 Å². The van der Waals surface area contributed by atoms with E-state index < -0.39 is 0 Å². The van der Waals surface area contributed by atoms with Crippen LogP contribution in [0.15, 0.2) is 16.6 Å². The van der Waals surface area contributed by atoms with E-state index in [-0.39, 0.29) is 0 Å². The molecule has 0 bridgehead atoms. The second-order valence-corrected chi connectivity index (χ2v) is 3.35. The SMILES string of the molecule is [C-]#[N+]c1cc(C)c(Br)cc1C. The minimum Gasteiger partial charge on any atom is -0.238 e. The minimum atomic E-state index is 0.741. The molecule has 11 heavy (non-hydrogen) atoms. The lowest BCUT2D eigenvalue weighted by atomic mass is 10.1. The molecule has 0 saturated heterocycles. The third kappa shape index (κ3) is 1.61. The number of hydrogen-bond acceptors (Lipinski definition) is 0. The maximum Gasteiger partial charge on any atom is 0.190 e. The highest BCUT2D eigenvalue weighted by atomic mass is 79.9. The lowest BCUT2D eigenvalue weighted by Gasteiger charge is -2.01. The zero-order chi connectivity index (χ0) is 8.43. The zero-order valence-corrected chi connectivity index (χ0v) is 8.07. The van der Waals surface area contributed by atoms with Crippen molar-refractivity contribution in [3.8, 4) is 0 Å². The highest BCUT2D eigenvalue weighted by Crippen LogP contribution is 2.26. The summed E-state index contributed by atoms with van der Waals surface area (Å²) in [7, 11) is 0. The second kappa shape index (κ2) is 3.06. The minimum absolute atomic E-state index is 0.741. The van der Waals surface area contributed by atoms with Gasteiger partial charge in [-0.2, -0.15) is 0 Å². The van der Waals surface area contributed by atoms with Gasteiger partial charge in [-0.15, -0.1) is 0 Å². The van der Waals surface area contributed by atoms with Crippen molar-refractivity contribution in [3.63, 3.8) is 0 Å². The summed E-state index contributed by atoms with van der Waals surface area (Å²) >= 11 is 3.41. The molecule has 1 rings (SSSR count). The molecule has 0 spiro atoms. The van der Waals surface area contributed by atoms with Crippen molar-refractivity contribution in [1.82, 2.24) is 0 Å². The average Bonchev–Trinajstić information content (AvgIpc) is 1.97. The molecule has 0 aliphatic carbocycles. The van der Waals surface area contributed by atoms with E-state index in [9.17, 15) is 0 Å². The van der Waals surface area contributed by atoms with Crippen LogP contribution in [0.3, 0.4) is 0 Å². The Hall–Kier alpha value is -0.810. The molecule has 0 unspecified atom stereocenters. The van der Waals surface area contributed by atoms with Gasteiger partial charge in [-0.3, -0.25) is 0 Å². The van der Waals surface area contributed by atoms with Crippen LogP contribution in [0.4, 0.5) is 5.69 Å². The molecule has 1 aromatic rings.